The Morgan fingerprint density at radius 3 is 1.45 bits per heavy atom. The number of fused-ring (bicyclic) bond motifs is 3. The van der Waals surface area contributed by atoms with Gasteiger partial charge in [-0.15, -0.1) is 0 Å². The van der Waals surface area contributed by atoms with Crippen LogP contribution in [0.1, 0.15) is 25.0 Å². The minimum atomic E-state index is -0.194. The first-order valence-corrected chi connectivity index (χ1v) is 19.4. The Hall–Kier alpha value is -6.83. The first-order valence-electron chi connectivity index (χ1n) is 18.6. The first-order chi connectivity index (χ1) is 27.5. The smallest absolute Gasteiger partial charge is 0.165 e. The van der Waals surface area contributed by atoms with Gasteiger partial charge in [0.2, 0.25) is 0 Å². The maximum absolute atomic E-state index is 5.29. The van der Waals surface area contributed by atoms with E-state index in [2.05, 4.69) is 86.6 Å². The van der Waals surface area contributed by atoms with E-state index in [4.69, 9.17) is 29.9 Å². The van der Waals surface area contributed by atoms with Crippen LogP contribution in [-0.4, -0.2) is 29.9 Å². The van der Waals surface area contributed by atoms with Crippen LogP contribution in [0.2, 0.25) is 0 Å². The minimum absolute atomic E-state index is 0.194. The van der Waals surface area contributed by atoms with E-state index < -0.39 is 0 Å². The molecule has 1 aliphatic rings. The van der Waals surface area contributed by atoms with Gasteiger partial charge in [0.1, 0.15) is 0 Å². The fourth-order valence-electron chi connectivity index (χ4n) is 7.54. The van der Waals surface area contributed by atoms with Crippen molar-refractivity contribution in [2.24, 2.45) is 0 Å². The lowest BCUT2D eigenvalue weighted by atomic mass is 9.77. The summed E-state index contributed by atoms with van der Waals surface area (Å²) in [5.41, 5.74) is 7.82. The van der Waals surface area contributed by atoms with Gasteiger partial charge in [0.05, 0.1) is 0 Å². The third kappa shape index (κ3) is 6.03. The summed E-state index contributed by atoms with van der Waals surface area (Å²) in [7, 11) is 0. The predicted molar refractivity (Wildman–Crippen MR) is 226 cm³/mol. The number of hydrogen-bond acceptors (Lipinski definition) is 7. The minimum Gasteiger partial charge on any atom is -0.208 e. The molecular formula is C49H34N6S. The molecular weight excluding hydrogens is 705 g/mol. The summed E-state index contributed by atoms with van der Waals surface area (Å²) in [5.74, 6) is 3.58. The number of nitrogens with zero attached hydrogens (tertiary/aromatic N) is 6. The highest BCUT2D eigenvalue weighted by molar-refractivity contribution is 7.99. The van der Waals surface area contributed by atoms with Crippen molar-refractivity contribution in [2.75, 3.05) is 0 Å². The van der Waals surface area contributed by atoms with E-state index in [0.717, 1.165) is 44.2 Å². The van der Waals surface area contributed by atoms with Crippen LogP contribution in [0.25, 0.3) is 79.1 Å². The fraction of sp³-hybridized carbons (Fsp3) is 0.0612. The molecule has 7 aromatic carbocycles. The van der Waals surface area contributed by atoms with Crippen LogP contribution in [0.15, 0.2) is 180 Å². The molecule has 0 atom stereocenters. The van der Waals surface area contributed by atoms with Gasteiger partial charge in [-0.05, 0) is 40.1 Å². The lowest BCUT2D eigenvalue weighted by molar-refractivity contribution is 0.608. The van der Waals surface area contributed by atoms with Crippen LogP contribution in [0, 0.1) is 0 Å². The van der Waals surface area contributed by atoms with Crippen molar-refractivity contribution in [3.63, 3.8) is 0 Å². The molecule has 10 rings (SSSR count). The van der Waals surface area contributed by atoms with Crippen LogP contribution >= 0.6 is 11.8 Å². The van der Waals surface area contributed by atoms with Gasteiger partial charge in [-0.25, -0.2) is 29.9 Å². The van der Waals surface area contributed by atoms with Crippen molar-refractivity contribution >= 4 is 22.5 Å². The zero-order valence-electron chi connectivity index (χ0n) is 30.8. The van der Waals surface area contributed by atoms with Crippen molar-refractivity contribution < 1.29 is 0 Å². The number of rotatable bonds is 6. The van der Waals surface area contributed by atoms with Gasteiger partial charge in [0.25, 0.3) is 0 Å². The molecule has 7 heteroatoms. The maximum Gasteiger partial charge on any atom is 0.165 e. The average molecular weight is 739 g/mol. The Morgan fingerprint density at radius 2 is 0.839 bits per heavy atom. The van der Waals surface area contributed by atoms with E-state index in [9.17, 15) is 0 Å². The van der Waals surface area contributed by atoms with E-state index in [0.29, 0.717) is 34.9 Å². The quantitative estimate of drug-likeness (QED) is 0.168. The molecule has 0 saturated heterocycles. The monoisotopic (exact) mass is 738 g/mol. The standard InChI is InChI=1S/C49H34N6S/c1-49(2)39-26-14-15-28-41(39)56-42-37(25-16-27-40(42)49)47-52-45(33-21-10-5-11-22-33)51-46(55-47)35-29-34-23-12-13-24-36(34)38(30-35)48-53-43(31-17-6-3-7-18-31)50-44(54-48)32-19-8-4-9-20-32/h3-30H,1-2H3. The third-order valence-corrected chi connectivity index (χ3v) is 11.6. The molecule has 0 radical (unpaired) electrons. The van der Waals surface area contributed by atoms with Gasteiger partial charge >= 0.3 is 0 Å². The second-order valence-electron chi connectivity index (χ2n) is 14.4. The fourth-order valence-corrected chi connectivity index (χ4v) is 9.04. The highest BCUT2D eigenvalue weighted by Gasteiger charge is 2.34. The van der Waals surface area contributed by atoms with Crippen LogP contribution in [0.4, 0.5) is 0 Å². The number of aromatic nitrogens is 6. The maximum atomic E-state index is 5.29. The molecule has 0 fully saturated rings. The van der Waals surface area contributed by atoms with E-state index >= 15 is 0 Å². The summed E-state index contributed by atoms with van der Waals surface area (Å²) in [6.07, 6.45) is 0. The topological polar surface area (TPSA) is 77.3 Å². The molecule has 9 aromatic rings. The molecule has 266 valence electrons. The second kappa shape index (κ2) is 13.8. The van der Waals surface area contributed by atoms with Crippen LogP contribution in [0.3, 0.4) is 0 Å². The van der Waals surface area contributed by atoms with Gasteiger partial charge in [-0.2, -0.15) is 0 Å². The molecule has 2 aromatic heterocycles. The Morgan fingerprint density at radius 1 is 0.375 bits per heavy atom. The van der Waals surface area contributed by atoms with Crippen LogP contribution in [-0.2, 0) is 5.41 Å². The Balaban J connectivity index is 1.20. The van der Waals surface area contributed by atoms with Gasteiger partial charge in [-0.3, -0.25) is 0 Å². The zero-order chi connectivity index (χ0) is 37.6. The molecule has 0 unspecified atom stereocenters. The highest BCUT2D eigenvalue weighted by atomic mass is 32.2. The summed E-state index contributed by atoms with van der Waals surface area (Å²) in [5, 5.41) is 2.05. The number of hydrogen-bond donors (Lipinski definition) is 0. The Bertz CT molecular complexity index is 2860. The Labute approximate surface area is 329 Å². The summed E-state index contributed by atoms with van der Waals surface area (Å²) in [4.78, 5) is 33.2. The van der Waals surface area contributed by atoms with E-state index in [-0.39, 0.29) is 5.41 Å². The third-order valence-electron chi connectivity index (χ3n) is 10.4. The first kappa shape index (κ1) is 33.7. The molecule has 3 heterocycles. The molecule has 0 N–H and O–H groups in total. The van der Waals surface area contributed by atoms with Crippen molar-refractivity contribution in [3.8, 4) is 68.3 Å². The summed E-state index contributed by atoms with van der Waals surface area (Å²) in [6, 6.07) is 58.0. The lowest BCUT2D eigenvalue weighted by Gasteiger charge is -2.35. The van der Waals surface area contributed by atoms with Gasteiger partial charge in [0, 0.05) is 48.6 Å². The summed E-state index contributed by atoms with van der Waals surface area (Å²) in [6.45, 7) is 4.60. The molecule has 0 bridgehead atoms. The molecule has 0 aliphatic carbocycles. The van der Waals surface area contributed by atoms with Gasteiger partial charge in [-0.1, -0.05) is 177 Å². The summed E-state index contributed by atoms with van der Waals surface area (Å²) < 4.78 is 0. The van der Waals surface area contributed by atoms with Crippen molar-refractivity contribution in [1.82, 2.24) is 29.9 Å². The van der Waals surface area contributed by atoms with E-state index in [1.807, 2.05) is 97.1 Å². The van der Waals surface area contributed by atoms with Crippen molar-refractivity contribution in [1.29, 1.82) is 0 Å². The largest absolute Gasteiger partial charge is 0.208 e. The number of benzene rings is 7. The predicted octanol–water partition coefficient (Wildman–Crippen LogP) is 12.0. The second-order valence-corrected chi connectivity index (χ2v) is 15.4. The zero-order valence-corrected chi connectivity index (χ0v) is 31.6. The highest BCUT2D eigenvalue weighted by Crippen LogP contribution is 2.51. The molecule has 1 aliphatic heterocycles. The van der Waals surface area contributed by atoms with Crippen LogP contribution < -0.4 is 0 Å². The lowest BCUT2D eigenvalue weighted by Crippen LogP contribution is -2.24. The normalized spacial score (nSPS) is 12.9. The van der Waals surface area contributed by atoms with Gasteiger partial charge in [0.15, 0.2) is 34.9 Å². The van der Waals surface area contributed by atoms with Crippen molar-refractivity contribution in [3.05, 3.63) is 181 Å². The molecule has 0 saturated carbocycles. The van der Waals surface area contributed by atoms with Gasteiger partial charge < -0.3 is 0 Å². The summed E-state index contributed by atoms with van der Waals surface area (Å²) >= 11 is 1.79. The molecule has 0 spiro atoms. The molecule has 0 amide bonds. The van der Waals surface area contributed by atoms with Crippen LogP contribution in [0.5, 0.6) is 0 Å². The molecule has 56 heavy (non-hydrogen) atoms. The SMILES string of the molecule is CC1(C)c2ccccc2Sc2c(-c3nc(-c4ccccc4)nc(-c4cc(-c5nc(-c6ccccc6)nc(-c6ccccc6)n5)c5ccccc5c4)n3)cccc21. The van der Waals surface area contributed by atoms with E-state index in [1.54, 1.807) is 11.8 Å². The van der Waals surface area contributed by atoms with E-state index in [1.165, 1.54) is 20.9 Å². The average Bonchev–Trinajstić information content (AvgIpc) is 3.26. The molecule has 6 nitrogen and oxygen atoms in total. The van der Waals surface area contributed by atoms with Crippen molar-refractivity contribution in [2.45, 2.75) is 29.1 Å². The Kier molecular flexibility index (Phi) is 8.30.